The SMILES string of the molecule is CCCC[Si](C)(C)COCOC. The molecule has 0 fully saturated rings. The van der Waals surface area contributed by atoms with Gasteiger partial charge in [-0.3, -0.25) is 0 Å². The largest absolute Gasteiger partial charge is 0.359 e. The molecule has 0 spiro atoms. The van der Waals surface area contributed by atoms with Gasteiger partial charge in [-0.1, -0.05) is 38.9 Å². The molecule has 0 N–H and O–H groups in total. The Hall–Kier alpha value is 0.137. The Balaban J connectivity index is 3.42. The van der Waals surface area contributed by atoms with Crippen molar-refractivity contribution in [1.82, 2.24) is 0 Å². The molecular weight excluding hydrogens is 168 g/mol. The van der Waals surface area contributed by atoms with E-state index < -0.39 is 8.07 Å². The fourth-order valence-electron chi connectivity index (χ4n) is 1.13. The van der Waals surface area contributed by atoms with E-state index in [1.807, 2.05) is 0 Å². The lowest BCUT2D eigenvalue weighted by molar-refractivity contribution is -0.0140. The highest BCUT2D eigenvalue weighted by molar-refractivity contribution is 6.77. The summed E-state index contributed by atoms with van der Waals surface area (Å²) in [6.45, 7) is 7.43. The molecule has 0 aliphatic carbocycles. The highest BCUT2D eigenvalue weighted by Gasteiger charge is 2.19. The second-order valence-electron chi connectivity index (χ2n) is 4.02. The minimum atomic E-state index is -1.06. The van der Waals surface area contributed by atoms with Crippen molar-refractivity contribution in [3.63, 3.8) is 0 Å². The lowest BCUT2D eigenvalue weighted by Gasteiger charge is -2.21. The summed E-state index contributed by atoms with van der Waals surface area (Å²) in [7, 11) is 0.604. The lowest BCUT2D eigenvalue weighted by atomic mass is 10.4. The maximum atomic E-state index is 5.38. The molecular formula is C9H22O2Si. The molecule has 0 aromatic heterocycles. The van der Waals surface area contributed by atoms with E-state index in [1.165, 1.54) is 18.9 Å². The summed E-state index contributed by atoms with van der Waals surface area (Å²) in [5, 5.41) is 0. The monoisotopic (exact) mass is 190 g/mol. The number of unbranched alkanes of at least 4 members (excludes halogenated alkanes) is 1. The van der Waals surface area contributed by atoms with Gasteiger partial charge in [-0.05, 0) is 0 Å². The van der Waals surface area contributed by atoms with E-state index in [0.717, 1.165) is 6.23 Å². The Labute approximate surface area is 77.3 Å². The first-order chi connectivity index (χ1) is 5.62. The lowest BCUT2D eigenvalue weighted by Crippen LogP contribution is -2.32. The van der Waals surface area contributed by atoms with Crippen LogP contribution in [0.2, 0.25) is 19.1 Å². The van der Waals surface area contributed by atoms with Crippen molar-refractivity contribution in [1.29, 1.82) is 0 Å². The number of ether oxygens (including phenoxy) is 2. The topological polar surface area (TPSA) is 18.5 Å². The molecule has 0 rings (SSSR count). The van der Waals surface area contributed by atoms with Crippen LogP contribution in [0.15, 0.2) is 0 Å². The standard InChI is InChI=1S/C9H22O2Si/c1-5-6-7-12(3,4)9-11-8-10-2/h5-9H2,1-4H3. The average molecular weight is 190 g/mol. The van der Waals surface area contributed by atoms with Crippen LogP contribution in [-0.2, 0) is 9.47 Å². The highest BCUT2D eigenvalue weighted by Crippen LogP contribution is 2.13. The van der Waals surface area contributed by atoms with Gasteiger partial charge in [0.2, 0.25) is 0 Å². The first kappa shape index (κ1) is 12.1. The van der Waals surface area contributed by atoms with E-state index in [4.69, 9.17) is 9.47 Å². The molecule has 0 aliphatic rings. The predicted molar refractivity (Wildman–Crippen MR) is 55.0 cm³/mol. The fourth-order valence-corrected chi connectivity index (χ4v) is 3.22. The van der Waals surface area contributed by atoms with Gasteiger partial charge in [0.15, 0.2) is 0 Å². The van der Waals surface area contributed by atoms with Gasteiger partial charge in [-0.2, -0.15) is 0 Å². The quantitative estimate of drug-likeness (QED) is 0.349. The van der Waals surface area contributed by atoms with Crippen molar-refractivity contribution < 1.29 is 9.47 Å². The van der Waals surface area contributed by atoms with Gasteiger partial charge >= 0.3 is 0 Å². The van der Waals surface area contributed by atoms with E-state index in [1.54, 1.807) is 7.11 Å². The molecule has 0 unspecified atom stereocenters. The summed E-state index contributed by atoms with van der Waals surface area (Å²) in [6.07, 6.45) is 3.57. The van der Waals surface area contributed by atoms with Crippen molar-refractivity contribution in [3.05, 3.63) is 0 Å². The number of rotatable bonds is 7. The van der Waals surface area contributed by atoms with E-state index in [9.17, 15) is 0 Å². The van der Waals surface area contributed by atoms with E-state index in [-0.39, 0.29) is 0 Å². The van der Waals surface area contributed by atoms with Gasteiger partial charge in [0.05, 0.1) is 8.07 Å². The van der Waals surface area contributed by atoms with Gasteiger partial charge in [0.25, 0.3) is 0 Å². The molecule has 12 heavy (non-hydrogen) atoms. The van der Waals surface area contributed by atoms with Crippen LogP contribution >= 0.6 is 0 Å². The molecule has 2 nitrogen and oxygen atoms in total. The Morgan fingerprint density at radius 2 is 1.92 bits per heavy atom. The molecule has 0 aromatic rings. The van der Waals surface area contributed by atoms with Gasteiger partial charge in [0.1, 0.15) is 6.79 Å². The maximum absolute atomic E-state index is 5.38. The van der Waals surface area contributed by atoms with Crippen LogP contribution in [0.4, 0.5) is 0 Å². The molecule has 0 saturated carbocycles. The van der Waals surface area contributed by atoms with Crippen molar-refractivity contribution in [2.75, 3.05) is 20.1 Å². The summed E-state index contributed by atoms with van der Waals surface area (Å²) in [6, 6.07) is 1.37. The molecule has 0 saturated heterocycles. The van der Waals surface area contributed by atoms with Crippen LogP contribution < -0.4 is 0 Å². The molecule has 0 atom stereocenters. The third-order valence-electron chi connectivity index (χ3n) is 1.90. The van der Waals surface area contributed by atoms with Crippen LogP contribution in [0, 0.1) is 0 Å². The van der Waals surface area contributed by atoms with Gasteiger partial charge in [-0.25, -0.2) is 0 Å². The molecule has 0 amide bonds. The minimum absolute atomic E-state index is 0.447. The molecule has 74 valence electrons. The van der Waals surface area contributed by atoms with Crippen LogP contribution in [0.25, 0.3) is 0 Å². The Morgan fingerprint density at radius 3 is 2.42 bits per heavy atom. The maximum Gasteiger partial charge on any atom is 0.145 e. The molecule has 0 heterocycles. The van der Waals surface area contributed by atoms with E-state index in [2.05, 4.69) is 20.0 Å². The summed E-state index contributed by atoms with van der Waals surface area (Å²) in [5.74, 6) is 0. The van der Waals surface area contributed by atoms with E-state index in [0.29, 0.717) is 6.79 Å². The summed E-state index contributed by atoms with van der Waals surface area (Å²) >= 11 is 0. The predicted octanol–water partition coefficient (Wildman–Crippen LogP) is 2.65. The second kappa shape index (κ2) is 6.63. The first-order valence-corrected chi connectivity index (χ1v) is 8.10. The van der Waals surface area contributed by atoms with Crippen LogP contribution in [0.3, 0.4) is 0 Å². The highest BCUT2D eigenvalue weighted by atomic mass is 28.3. The van der Waals surface area contributed by atoms with Crippen molar-refractivity contribution in [3.8, 4) is 0 Å². The minimum Gasteiger partial charge on any atom is -0.359 e. The van der Waals surface area contributed by atoms with Crippen molar-refractivity contribution in [2.45, 2.75) is 38.9 Å². The van der Waals surface area contributed by atoms with Crippen LogP contribution in [0.1, 0.15) is 19.8 Å². The third kappa shape index (κ3) is 6.82. The van der Waals surface area contributed by atoms with Crippen molar-refractivity contribution >= 4 is 8.07 Å². The van der Waals surface area contributed by atoms with Gasteiger partial charge in [-0.15, -0.1) is 0 Å². The van der Waals surface area contributed by atoms with Crippen LogP contribution in [0.5, 0.6) is 0 Å². The van der Waals surface area contributed by atoms with Crippen LogP contribution in [-0.4, -0.2) is 28.2 Å². The summed E-state index contributed by atoms with van der Waals surface area (Å²) in [5.41, 5.74) is 0. The number of hydrogen-bond acceptors (Lipinski definition) is 2. The normalized spacial score (nSPS) is 12.0. The molecule has 0 aliphatic heterocycles. The smallest absolute Gasteiger partial charge is 0.145 e. The number of methoxy groups -OCH3 is 1. The molecule has 0 bridgehead atoms. The second-order valence-corrected chi connectivity index (χ2v) is 9.14. The number of hydrogen-bond donors (Lipinski definition) is 0. The van der Waals surface area contributed by atoms with Gasteiger partial charge in [0, 0.05) is 13.3 Å². The van der Waals surface area contributed by atoms with E-state index >= 15 is 0 Å². The molecule has 0 radical (unpaired) electrons. The molecule has 0 aromatic carbocycles. The average Bonchev–Trinajstić information content (AvgIpc) is 2.01. The fraction of sp³-hybridized carbons (Fsp3) is 1.00. The third-order valence-corrected chi connectivity index (χ3v) is 4.59. The van der Waals surface area contributed by atoms with Gasteiger partial charge < -0.3 is 9.47 Å². The Bertz CT molecular complexity index is 105. The zero-order chi connectivity index (χ0) is 9.45. The summed E-state index contributed by atoms with van der Waals surface area (Å²) in [4.78, 5) is 0. The molecule has 3 heteroatoms. The zero-order valence-corrected chi connectivity index (χ0v) is 9.85. The zero-order valence-electron chi connectivity index (χ0n) is 8.85. The Kier molecular flexibility index (Phi) is 6.71. The van der Waals surface area contributed by atoms with Crippen molar-refractivity contribution in [2.24, 2.45) is 0 Å². The summed E-state index contributed by atoms with van der Waals surface area (Å²) < 4.78 is 10.2. The Morgan fingerprint density at radius 1 is 1.25 bits per heavy atom. The first-order valence-electron chi connectivity index (χ1n) is 4.69.